The van der Waals surface area contributed by atoms with Crippen LogP contribution in [0.15, 0.2) is 41.3 Å². The molecule has 0 aliphatic carbocycles. The Morgan fingerprint density at radius 1 is 1.26 bits per heavy atom. The van der Waals surface area contributed by atoms with Crippen LogP contribution in [0.3, 0.4) is 0 Å². The predicted octanol–water partition coefficient (Wildman–Crippen LogP) is 4.55. The minimum atomic E-state index is -0.501. The van der Waals surface area contributed by atoms with Gasteiger partial charge in [0.15, 0.2) is 0 Å². The number of hydrogen-bond donors (Lipinski definition) is 1. The molecule has 1 amide bonds. The van der Waals surface area contributed by atoms with Gasteiger partial charge in [-0.3, -0.25) is 14.9 Å². The Morgan fingerprint density at radius 3 is 2.61 bits per heavy atom. The van der Waals surface area contributed by atoms with Crippen LogP contribution in [0.2, 0.25) is 10.0 Å². The molecule has 23 heavy (non-hydrogen) atoms. The molecule has 0 aliphatic rings. The fourth-order valence-corrected chi connectivity index (χ4v) is 2.94. The van der Waals surface area contributed by atoms with Gasteiger partial charge in [-0.2, -0.15) is 0 Å². The Bertz CT molecular complexity index is 768. The molecule has 0 saturated heterocycles. The lowest BCUT2D eigenvalue weighted by molar-refractivity contribution is -0.387. The predicted molar refractivity (Wildman–Crippen MR) is 92.5 cm³/mol. The summed E-state index contributed by atoms with van der Waals surface area (Å²) in [6, 6.07) is 9.36. The van der Waals surface area contributed by atoms with E-state index in [2.05, 4.69) is 5.32 Å². The summed E-state index contributed by atoms with van der Waals surface area (Å²) in [6.45, 7) is 0.201. The number of carbonyl (C=O) groups excluding carboxylic acids is 1. The van der Waals surface area contributed by atoms with Crippen molar-refractivity contribution in [1.82, 2.24) is 5.32 Å². The van der Waals surface area contributed by atoms with Crippen molar-refractivity contribution < 1.29 is 9.72 Å². The average molecular weight is 371 g/mol. The van der Waals surface area contributed by atoms with Gasteiger partial charge < -0.3 is 5.32 Å². The quantitative estimate of drug-likeness (QED) is 0.475. The van der Waals surface area contributed by atoms with Crippen LogP contribution in [-0.4, -0.2) is 17.1 Å². The Hall–Kier alpha value is -1.76. The summed E-state index contributed by atoms with van der Waals surface area (Å²) in [4.78, 5) is 23.2. The third-order valence-electron chi connectivity index (χ3n) is 3.09. The Balaban J connectivity index is 2.14. The van der Waals surface area contributed by atoms with Crippen LogP contribution in [0.25, 0.3) is 0 Å². The summed E-state index contributed by atoms with van der Waals surface area (Å²) in [7, 11) is 0. The van der Waals surface area contributed by atoms with E-state index < -0.39 is 10.8 Å². The Labute approximate surface area is 147 Å². The van der Waals surface area contributed by atoms with E-state index in [1.54, 1.807) is 36.6 Å². The monoisotopic (exact) mass is 370 g/mol. The van der Waals surface area contributed by atoms with Crippen LogP contribution in [0.4, 0.5) is 5.69 Å². The van der Waals surface area contributed by atoms with Crippen molar-refractivity contribution in [2.24, 2.45) is 0 Å². The molecule has 8 heteroatoms. The summed E-state index contributed by atoms with van der Waals surface area (Å²) in [5.41, 5.74) is 0.842. The highest BCUT2D eigenvalue weighted by Crippen LogP contribution is 2.28. The van der Waals surface area contributed by atoms with Gasteiger partial charge >= 0.3 is 0 Å². The first-order chi connectivity index (χ1) is 10.9. The first-order valence-electron chi connectivity index (χ1n) is 6.47. The number of rotatable bonds is 5. The van der Waals surface area contributed by atoms with Gasteiger partial charge in [-0.15, -0.1) is 11.8 Å². The molecule has 2 aromatic rings. The summed E-state index contributed by atoms with van der Waals surface area (Å²) >= 11 is 13.1. The number of nitro benzene ring substituents is 1. The summed E-state index contributed by atoms with van der Waals surface area (Å²) in [5.74, 6) is -0.410. The van der Waals surface area contributed by atoms with E-state index in [4.69, 9.17) is 23.2 Å². The molecule has 120 valence electrons. The first kappa shape index (κ1) is 17.6. The van der Waals surface area contributed by atoms with Gasteiger partial charge in [-0.05, 0) is 36.1 Å². The van der Waals surface area contributed by atoms with Gasteiger partial charge in [0.25, 0.3) is 11.6 Å². The maximum absolute atomic E-state index is 12.2. The average Bonchev–Trinajstić information content (AvgIpc) is 2.53. The van der Waals surface area contributed by atoms with Crippen molar-refractivity contribution >= 4 is 46.6 Å². The van der Waals surface area contributed by atoms with Crippen LogP contribution in [0.1, 0.15) is 15.9 Å². The highest BCUT2D eigenvalue weighted by Gasteiger charge is 2.17. The van der Waals surface area contributed by atoms with Crippen molar-refractivity contribution in [3.8, 4) is 0 Å². The zero-order valence-corrected chi connectivity index (χ0v) is 14.3. The van der Waals surface area contributed by atoms with Crippen molar-refractivity contribution in [3.63, 3.8) is 0 Å². The van der Waals surface area contributed by atoms with E-state index >= 15 is 0 Å². The van der Waals surface area contributed by atoms with E-state index in [1.165, 1.54) is 17.8 Å². The number of thioether (sulfide) groups is 1. The zero-order valence-electron chi connectivity index (χ0n) is 12.0. The largest absolute Gasteiger partial charge is 0.348 e. The highest BCUT2D eigenvalue weighted by molar-refractivity contribution is 7.98. The molecule has 1 N–H and O–H groups in total. The van der Waals surface area contributed by atoms with Crippen molar-refractivity contribution in [1.29, 1.82) is 0 Å². The molecule has 0 heterocycles. The molecule has 0 spiro atoms. The maximum Gasteiger partial charge on any atom is 0.283 e. The third kappa shape index (κ3) is 4.37. The van der Waals surface area contributed by atoms with Gasteiger partial charge in [-0.25, -0.2) is 0 Å². The van der Waals surface area contributed by atoms with E-state index in [0.29, 0.717) is 20.5 Å². The maximum atomic E-state index is 12.2. The third-order valence-corrected chi connectivity index (χ3v) is 4.46. The number of hydrogen-bond acceptors (Lipinski definition) is 4. The van der Waals surface area contributed by atoms with Crippen LogP contribution < -0.4 is 5.32 Å². The van der Waals surface area contributed by atoms with Gasteiger partial charge in [0, 0.05) is 28.2 Å². The Kier molecular flexibility index (Phi) is 5.87. The van der Waals surface area contributed by atoms with E-state index in [9.17, 15) is 14.9 Å². The van der Waals surface area contributed by atoms with Crippen LogP contribution in [-0.2, 0) is 6.54 Å². The molecule has 2 rings (SSSR count). The number of nitrogens with zero attached hydrogens (tertiary/aromatic N) is 1. The lowest BCUT2D eigenvalue weighted by Crippen LogP contribution is -2.23. The molecular formula is C15H12Cl2N2O3S. The number of amides is 1. The fraction of sp³-hybridized carbons (Fsp3) is 0.133. The van der Waals surface area contributed by atoms with Crippen molar-refractivity contribution in [3.05, 3.63) is 67.7 Å². The van der Waals surface area contributed by atoms with Crippen LogP contribution in [0.5, 0.6) is 0 Å². The minimum absolute atomic E-state index is 0.0883. The number of halogens is 2. The summed E-state index contributed by atoms with van der Waals surface area (Å²) in [5, 5.41) is 14.7. The smallest absolute Gasteiger partial charge is 0.283 e. The molecule has 0 fully saturated rings. The number of benzene rings is 2. The second-order valence-electron chi connectivity index (χ2n) is 4.56. The summed E-state index contributed by atoms with van der Waals surface area (Å²) in [6.07, 6.45) is 1.74. The Morgan fingerprint density at radius 2 is 2.00 bits per heavy atom. The van der Waals surface area contributed by atoms with Gasteiger partial charge in [0.1, 0.15) is 0 Å². The van der Waals surface area contributed by atoms with E-state index in [0.717, 1.165) is 0 Å². The number of nitro groups is 1. The fourth-order valence-electron chi connectivity index (χ4n) is 1.92. The SMILES string of the molecule is CSc1ccc(C(=O)NCc2ccc(Cl)cc2Cl)cc1[N+](=O)[O-]. The molecule has 5 nitrogen and oxygen atoms in total. The molecule has 0 aromatic heterocycles. The van der Waals surface area contributed by atoms with Crippen LogP contribution in [0, 0.1) is 10.1 Å². The van der Waals surface area contributed by atoms with Gasteiger partial charge in [-0.1, -0.05) is 29.3 Å². The van der Waals surface area contributed by atoms with Crippen molar-refractivity contribution in [2.45, 2.75) is 11.4 Å². The molecule has 0 unspecified atom stereocenters. The molecule has 0 radical (unpaired) electrons. The molecule has 0 atom stereocenters. The molecular weight excluding hydrogens is 359 g/mol. The standard InChI is InChI=1S/C15H12Cl2N2O3S/c1-23-14-5-3-9(6-13(14)19(21)22)15(20)18-8-10-2-4-11(16)7-12(10)17/h2-7H,8H2,1H3,(H,18,20). The molecule has 0 saturated carbocycles. The second-order valence-corrected chi connectivity index (χ2v) is 6.25. The normalized spacial score (nSPS) is 10.4. The minimum Gasteiger partial charge on any atom is -0.348 e. The molecule has 0 aliphatic heterocycles. The highest BCUT2D eigenvalue weighted by atomic mass is 35.5. The van der Waals surface area contributed by atoms with E-state index in [1.807, 2.05) is 0 Å². The summed E-state index contributed by atoms with van der Waals surface area (Å²) < 4.78 is 0. The van der Waals surface area contributed by atoms with Crippen LogP contribution >= 0.6 is 35.0 Å². The van der Waals surface area contributed by atoms with Gasteiger partial charge in [0.2, 0.25) is 0 Å². The number of carbonyl (C=O) groups is 1. The first-order valence-corrected chi connectivity index (χ1v) is 8.45. The zero-order chi connectivity index (χ0) is 17.0. The lowest BCUT2D eigenvalue weighted by atomic mass is 10.1. The lowest BCUT2D eigenvalue weighted by Gasteiger charge is -2.08. The van der Waals surface area contributed by atoms with E-state index in [-0.39, 0.29) is 17.8 Å². The van der Waals surface area contributed by atoms with Gasteiger partial charge in [0.05, 0.1) is 9.82 Å². The second kappa shape index (κ2) is 7.68. The topological polar surface area (TPSA) is 72.2 Å². The molecule has 0 bridgehead atoms. The van der Waals surface area contributed by atoms with Crippen molar-refractivity contribution in [2.75, 3.05) is 6.26 Å². The molecule has 2 aromatic carbocycles. The number of nitrogens with one attached hydrogen (secondary N) is 1.